The summed E-state index contributed by atoms with van der Waals surface area (Å²) < 4.78 is 0. The Morgan fingerprint density at radius 2 is 1.91 bits per heavy atom. The lowest BCUT2D eigenvalue weighted by molar-refractivity contribution is -0.116. The van der Waals surface area contributed by atoms with Crippen molar-refractivity contribution in [2.24, 2.45) is 4.99 Å². The molecule has 0 saturated carbocycles. The van der Waals surface area contributed by atoms with Crippen LogP contribution in [0.5, 0.6) is 0 Å². The Labute approximate surface area is 189 Å². The fraction of sp³-hybridized carbons (Fsp3) is 0.400. The van der Waals surface area contributed by atoms with Gasteiger partial charge in [-0.25, -0.2) is 0 Å². The molecule has 0 aromatic heterocycles. The summed E-state index contributed by atoms with van der Waals surface area (Å²) in [5.74, 6) is 0.905. The SMILES string of the molecule is CN=C(NCc1cccc(C(=O)N2CCCCC2)c1)NCC1CC(=O)Nc2ccccc21. The van der Waals surface area contributed by atoms with E-state index in [9.17, 15) is 9.59 Å². The number of nitrogens with zero attached hydrogens (tertiary/aromatic N) is 2. The molecule has 1 fully saturated rings. The van der Waals surface area contributed by atoms with Gasteiger partial charge < -0.3 is 20.9 Å². The highest BCUT2D eigenvalue weighted by Crippen LogP contribution is 2.31. The molecule has 2 aliphatic rings. The van der Waals surface area contributed by atoms with E-state index in [0.29, 0.717) is 25.5 Å². The molecular formula is C25H31N5O2. The van der Waals surface area contributed by atoms with Crippen molar-refractivity contribution in [3.05, 3.63) is 65.2 Å². The number of benzene rings is 2. The van der Waals surface area contributed by atoms with E-state index in [1.807, 2.05) is 47.4 Å². The summed E-state index contributed by atoms with van der Waals surface area (Å²) in [6, 6.07) is 15.7. The molecule has 1 saturated heterocycles. The maximum Gasteiger partial charge on any atom is 0.253 e. The van der Waals surface area contributed by atoms with E-state index in [-0.39, 0.29) is 17.7 Å². The quantitative estimate of drug-likeness (QED) is 0.500. The number of carbonyl (C=O) groups is 2. The Morgan fingerprint density at radius 3 is 2.72 bits per heavy atom. The van der Waals surface area contributed by atoms with Gasteiger partial charge in [0.15, 0.2) is 5.96 Å². The second-order valence-electron chi connectivity index (χ2n) is 8.40. The monoisotopic (exact) mass is 433 g/mol. The standard InChI is InChI=1S/C25H31N5O2/c1-26-25(28-17-20-15-23(31)29-22-11-4-3-10-21(20)22)27-16-18-8-7-9-19(14-18)24(32)30-12-5-2-6-13-30/h3-4,7-11,14,20H,2,5-6,12-13,15-17H2,1H3,(H,29,31)(H2,26,27,28). The second kappa shape index (κ2) is 10.3. The highest BCUT2D eigenvalue weighted by atomic mass is 16.2. The smallest absolute Gasteiger partial charge is 0.253 e. The van der Waals surface area contributed by atoms with E-state index in [0.717, 1.165) is 48.3 Å². The van der Waals surface area contributed by atoms with Crippen molar-refractivity contribution in [2.75, 3.05) is 32.0 Å². The molecule has 0 aliphatic carbocycles. The zero-order chi connectivity index (χ0) is 22.3. The highest BCUT2D eigenvalue weighted by molar-refractivity contribution is 5.95. The number of hydrogen-bond donors (Lipinski definition) is 3. The van der Waals surface area contributed by atoms with E-state index in [1.54, 1.807) is 7.05 Å². The topological polar surface area (TPSA) is 85.8 Å². The van der Waals surface area contributed by atoms with Crippen LogP contribution in [0.1, 0.15) is 53.1 Å². The maximum atomic E-state index is 12.8. The third-order valence-corrected chi connectivity index (χ3v) is 6.12. The molecule has 0 radical (unpaired) electrons. The van der Waals surface area contributed by atoms with E-state index in [2.05, 4.69) is 27.0 Å². The molecule has 4 rings (SSSR count). The molecule has 1 atom stereocenters. The average Bonchev–Trinajstić information content (AvgIpc) is 2.84. The number of nitrogens with one attached hydrogen (secondary N) is 3. The molecule has 0 spiro atoms. The molecule has 7 nitrogen and oxygen atoms in total. The number of rotatable bonds is 5. The van der Waals surface area contributed by atoms with Crippen molar-refractivity contribution in [3.8, 4) is 0 Å². The second-order valence-corrected chi connectivity index (χ2v) is 8.40. The Hall–Kier alpha value is -3.35. The lowest BCUT2D eigenvalue weighted by atomic mass is 9.90. The fourth-order valence-corrected chi connectivity index (χ4v) is 4.40. The molecule has 7 heteroatoms. The number of para-hydroxylation sites is 1. The normalized spacial score (nSPS) is 18.5. The number of amides is 2. The Morgan fingerprint density at radius 1 is 1.09 bits per heavy atom. The summed E-state index contributed by atoms with van der Waals surface area (Å²) in [5.41, 5.74) is 3.78. The summed E-state index contributed by atoms with van der Waals surface area (Å²) in [6.45, 7) is 2.86. The largest absolute Gasteiger partial charge is 0.356 e. The predicted octanol–water partition coefficient (Wildman–Crippen LogP) is 3.10. The number of carbonyl (C=O) groups excluding carboxylic acids is 2. The zero-order valence-corrected chi connectivity index (χ0v) is 18.6. The van der Waals surface area contributed by atoms with Gasteiger partial charge in [-0.05, 0) is 48.6 Å². The highest BCUT2D eigenvalue weighted by Gasteiger charge is 2.24. The fourth-order valence-electron chi connectivity index (χ4n) is 4.40. The summed E-state index contributed by atoms with van der Waals surface area (Å²) in [5, 5.41) is 9.60. The van der Waals surface area contributed by atoms with Gasteiger partial charge in [-0.3, -0.25) is 14.6 Å². The van der Waals surface area contributed by atoms with Gasteiger partial charge in [0, 0.05) is 56.8 Å². The third kappa shape index (κ3) is 5.28. The van der Waals surface area contributed by atoms with E-state index in [4.69, 9.17) is 0 Å². The first-order valence-corrected chi connectivity index (χ1v) is 11.4. The Kier molecular flexibility index (Phi) is 7.04. The van der Waals surface area contributed by atoms with E-state index in [1.165, 1.54) is 6.42 Å². The van der Waals surface area contributed by atoms with Crippen LogP contribution in [0.3, 0.4) is 0 Å². The zero-order valence-electron chi connectivity index (χ0n) is 18.6. The van der Waals surface area contributed by atoms with Gasteiger partial charge in [0.2, 0.25) is 5.91 Å². The first kappa shape index (κ1) is 21.9. The number of fused-ring (bicyclic) bond motifs is 1. The number of piperidine rings is 1. The van der Waals surface area contributed by atoms with Gasteiger partial charge in [-0.2, -0.15) is 0 Å². The molecule has 2 amide bonds. The summed E-state index contributed by atoms with van der Waals surface area (Å²) in [7, 11) is 1.73. The van der Waals surface area contributed by atoms with Crippen LogP contribution in [-0.2, 0) is 11.3 Å². The number of likely N-dealkylation sites (tertiary alicyclic amines) is 1. The average molecular weight is 434 g/mol. The summed E-state index contributed by atoms with van der Waals surface area (Å²) in [4.78, 5) is 31.1. The first-order valence-electron chi connectivity index (χ1n) is 11.4. The number of hydrogen-bond acceptors (Lipinski definition) is 3. The van der Waals surface area contributed by atoms with Crippen LogP contribution in [0.4, 0.5) is 5.69 Å². The molecule has 3 N–H and O–H groups in total. The lowest BCUT2D eigenvalue weighted by Crippen LogP contribution is -2.40. The van der Waals surface area contributed by atoms with Crippen molar-refractivity contribution in [1.29, 1.82) is 0 Å². The molecule has 32 heavy (non-hydrogen) atoms. The van der Waals surface area contributed by atoms with Crippen molar-refractivity contribution in [2.45, 2.75) is 38.1 Å². The molecule has 1 unspecified atom stereocenters. The minimum atomic E-state index is 0.0358. The van der Waals surface area contributed by atoms with Gasteiger partial charge in [0.1, 0.15) is 0 Å². The number of guanidine groups is 1. The van der Waals surface area contributed by atoms with Crippen molar-refractivity contribution in [1.82, 2.24) is 15.5 Å². The van der Waals surface area contributed by atoms with Gasteiger partial charge in [-0.1, -0.05) is 30.3 Å². The van der Waals surface area contributed by atoms with Gasteiger partial charge in [-0.15, -0.1) is 0 Å². The van der Waals surface area contributed by atoms with E-state index >= 15 is 0 Å². The Balaban J connectivity index is 1.33. The molecule has 2 aliphatic heterocycles. The van der Waals surface area contributed by atoms with Crippen LogP contribution >= 0.6 is 0 Å². The summed E-state index contributed by atoms with van der Waals surface area (Å²) in [6.07, 6.45) is 3.82. The van der Waals surface area contributed by atoms with E-state index < -0.39 is 0 Å². The first-order chi connectivity index (χ1) is 15.6. The Bertz CT molecular complexity index is 997. The van der Waals surface area contributed by atoms with Crippen LogP contribution in [-0.4, -0.2) is 49.4 Å². The minimum Gasteiger partial charge on any atom is -0.356 e. The molecule has 2 aromatic carbocycles. The third-order valence-electron chi connectivity index (χ3n) is 6.12. The predicted molar refractivity (Wildman–Crippen MR) is 127 cm³/mol. The number of aliphatic imine (C=N–C) groups is 1. The molecule has 0 bridgehead atoms. The van der Waals surface area contributed by atoms with Gasteiger partial charge in [0.25, 0.3) is 5.91 Å². The van der Waals surface area contributed by atoms with Crippen LogP contribution < -0.4 is 16.0 Å². The van der Waals surface area contributed by atoms with Gasteiger partial charge in [0.05, 0.1) is 0 Å². The van der Waals surface area contributed by atoms with Gasteiger partial charge >= 0.3 is 0 Å². The van der Waals surface area contributed by atoms with Crippen LogP contribution in [0.15, 0.2) is 53.5 Å². The van der Waals surface area contributed by atoms with Crippen molar-refractivity contribution >= 4 is 23.5 Å². The van der Waals surface area contributed by atoms with Crippen LogP contribution in [0.2, 0.25) is 0 Å². The maximum absolute atomic E-state index is 12.8. The molecule has 168 valence electrons. The summed E-state index contributed by atoms with van der Waals surface area (Å²) >= 11 is 0. The minimum absolute atomic E-state index is 0.0358. The molecular weight excluding hydrogens is 402 g/mol. The van der Waals surface area contributed by atoms with Crippen LogP contribution in [0, 0.1) is 0 Å². The molecule has 2 heterocycles. The lowest BCUT2D eigenvalue weighted by Gasteiger charge is -2.27. The molecule has 2 aromatic rings. The van der Waals surface area contributed by atoms with Crippen molar-refractivity contribution < 1.29 is 9.59 Å². The van der Waals surface area contributed by atoms with Crippen LogP contribution in [0.25, 0.3) is 0 Å². The number of anilines is 1. The van der Waals surface area contributed by atoms with Crippen molar-refractivity contribution in [3.63, 3.8) is 0 Å².